The van der Waals surface area contributed by atoms with Gasteiger partial charge in [0.15, 0.2) is 0 Å². The minimum absolute atomic E-state index is 0.477. The summed E-state index contributed by atoms with van der Waals surface area (Å²) >= 11 is 0. The van der Waals surface area contributed by atoms with Crippen LogP contribution < -0.4 is 0 Å². The second-order valence-electron chi connectivity index (χ2n) is 4.67. The molecule has 3 rings (SSSR count). The third-order valence-electron chi connectivity index (χ3n) is 3.43. The molecule has 1 N–H and O–H groups in total. The van der Waals surface area contributed by atoms with E-state index in [1.165, 1.54) is 6.92 Å². The first-order chi connectivity index (χ1) is 8.62. The van der Waals surface area contributed by atoms with E-state index in [4.69, 9.17) is 0 Å². The number of fused-ring (bicyclic) bond motifs is 1. The van der Waals surface area contributed by atoms with Crippen molar-refractivity contribution >= 4 is 5.57 Å². The van der Waals surface area contributed by atoms with Crippen molar-refractivity contribution in [3.05, 3.63) is 77.1 Å². The molecule has 90 valence electrons. The van der Waals surface area contributed by atoms with Crippen molar-refractivity contribution in [3.63, 3.8) is 0 Å². The van der Waals surface area contributed by atoms with Gasteiger partial charge in [0, 0.05) is 5.57 Å². The molecule has 1 unspecified atom stereocenters. The zero-order valence-electron chi connectivity index (χ0n) is 10.0. The third kappa shape index (κ3) is 1.42. The molecule has 1 nitrogen and oxygen atoms in total. The van der Waals surface area contributed by atoms with E-state index in [0.29, 0.717) is 11.1 Å². The maximum atomic E-state index is 14.5. The van der Waals surface area contributed by atoms with Crippen LogP contribution in [-0.4, -0.2) is 5.11 Å². The van der Waals surface area contributed by atoms with Gasteiger partial charge in [-0.25, -0.2) is 4.39 Å². The lowest BCUT2D eigenvalue weighted by Gasteiger charge is -2.17. The second kappa shape index (κ2) is 3.79. The minimum atomic E-state index is -1.53. The summed E-state index contributed by atoms with van der Waals surface area (Å²) < 4.78 is 14.5. The molecule has 0 saturated heterocycles. The predicted octanol–water partition coefficient (Wildman–Crippen LogP) is 3.64. The van der Waals surface area contributed by atoms with Crippen LogP contribution in [0, 0.1) is 0 Å². The zero-order valence-corrected chi connectivity index (χ0v) is 10.0. The van der Waals surface area contributed by atoms with E-state index < -0.39 is 11.4 Å². The lowest BCUT2D eigenvalue weighted by Crippen LogP contribution is -2.18. The highest BCUT2D eigenvalue weighted by Gasteiger charge is 2.40. The average molecular weight is 240 g/mol. The minimum Gasteiger partial charge on any atom is -0.378 e. The second-order valence-corrected chi connectivity index (χ2v) is 4.67. The lowest BCUT2D eigenvalue weighted by molar-refractivity contribution is 0.0771. The molecular formula is C16H13FO. The van der Waals surface area contributed by atoms with Crippen LogP contribution in [0.5, 0.6) is 0 Å². The Bertz CT molecular complexity index is 627. The summed E-state index contributed by atoms with van der Waals surface area (Å²) in [5.41, 5.74) is 1.16. The van der Waals surface area contributed by atoms with Crippen LogP contribution in [0.4, 0.5) is 4.39 Å². The van der Waals surface area contributed by atoms with Gasteiger partial charge >= 0.3 is 0 Å². The maximum absolute atomic E-state index is 14.5. The Labute approximate surface area is 105 Å². The summed E-state index contributed by atoms with van der Waals surface area (Å²) in [5.74, 6) is -0.477. The summed E-state index contributed by atoms with van der Waals surface area (Å²) in [6.07, 6.45) is 0. The predicted molar refractivity (Wildman–Crippen MR) is 69.6 cm³/mol. The number of rotatable bonds is 1. The van der Waals surface area contributed by atoms with E-state index in [2.05, 4.69) is 0 Å². The molecule has 2 aromatic rings. The quantitative estimate of drug-likeness (QED) is 0.807. The van der Waals surface area contributed by atoms with Crippen molar-refractivity contribution in [2.75, 3.05) is 0 Å². The van der Waals surface area contributed by atoms with Crippen molar-refractivity contribution in [1.82, 2.24) is 0 Å². The fourth-order valence-electron chi connectivity index (χ4n) is 2.49. The van der Waals surface area contributed by atoms with Gasteiger partial charge in [-0.2, -0.15) is 0 Å². The van der Waals surface area contributed by atoms with Crippen LogP contribution in [-0.2, 0) is 5.60 Å². The van der Waals surface area contributed by atoms with Crippen molar-refractivity contribution in [1.29, 1.82) is 0 Å². The highest BCUT2D eigenvalue weighted by molar-refractivity contribution is 5.88. The Balaban J connectivity index is 2.30. The molecule has 0 spiro atoms. The molecule has 2 aromatic carbocycles. The van der Waals surface area contributed by atoms with Gasteiger partial charge in [0.05, 0.1) is 0 Å². The fraction of sp³-hybridized carbons (Fsp3) is 0.125. The Morgan fingerprint density at radius 3 is 2.28 bits per heavy atom. The first-order valence-corrected chi connectivity index (χ1v) is 5.90. The van der Waals surface area contributed by atoms with Gasteiger partial charge in [-0.15, -0.1) is 0 Å². The van der Waals surface area contributed by atoms with Gasteiger partial charge in [-0.3, -0.25) is 0 Å². The molecule has 18 heavy (non-hydrogen) atoms. The largest absolute Gasteiger partial charge is 0.378 e. The Morgan fingerprint density at radius 1 is 0.944 bits per heavy atom. The molecule has 0 aromatic heterocycles. The molecule has 1 aliphatic carbocycles. The van der Waals surface area contributed by atoms with Gasteiger partial charge in [0.2, 0.25) is 0 Å². The highest BCUT2D eigenvalue weighted by atomic mass is 19.1. The van der Waals surface area contributed by atoms with Gasteiger partial charge in [0.25, 0.3) is 0 Å². The number of hydrogen-bond acceptors (Lipinski definition) is 1. The van der Waals surface area contributed by atoms with Crippen molar-refractivity contribution in [2.24, 2.45) is 0 Å². The van der Waals surface area contributed by atoms with E-state index in [1.807, 2.05) is 48.5 Å². The molecule has 0 aliphatic heterocycles. The van der Waals surface area contributed by atoms with Gasteiger partial charge in [0.1, 0.15) is 11.4 Å². The van der Waals surface area contributed by atoms with Crippen LogP contribution in [0.2, 0.25) is 0 Å². The Morgan fingerprint density at radius 2 is 1.56 bits per heavy atom. The number of aliphatic hydroxyl groups is 1. The van der Waals surface area contributed by atoms with E-state index in [0.717, 1.165) is 11.1 Å². The van der Waals surface area contributed by atoms with Crippen LogP contribution >= 0.6 is 0 Å². The highest BCUT2D eigenvalue weighted by Crippen LogP contribution is 2.47. The molecule has 0 radical (unpaired) electrons. The Kier molecular flexibility index (Phi) is 2.35. The summed E-state index contributed by atoms with van der Waals surface area (Å²) in [7, 11) is 0. The summed E-state index contributed by atoms with van der Waals surface area (Å²) in [6, 6.07) is 16.6. The normalized spacial score (nSPS) is 22.2. The van der Waals surface area contributed by atoms with Crippen LogP contribution in [0.3, 0.4) is 0 Å². The molecule has 1 atom stereocenters. The van der Waals surface area contributed by atoms with Gasteiger partial charge < -0.3 is 5.11 Å². The standard InChI is InChI=1S/C16H13FO/c1-16(18)13-10-6-5-9-12(13)14(15(16)17)11-7-3-2-4-8-11/h2-10,18H,1H3. The molecule has 0 fully saturated rings. The molecule has 0 bridgehead atoms. The Hall–Kier alpha value is -1.93. The molecule has 0 saturated carbocycles. The molecule has 1 aliphatic rings. The maximum Gasteiger partial charge on any atom is 0.144 e. The summed E-state index contributed by atoms with van der Waals surface area (Å²) in [6.45, 7) is 1.50. The lowest BCUT2D eigenvalue weighted by atomic mass is 9.97. The monoisotopic (exact) mass is 240 g/mol. The van der Waals surface area contributed by atoms with E-state index in [-0.39, 0.29) is 0 Å². The van der Waals surface area contributed by atoms with Crippen molar-refractivity contribution in [2.45, 2.75) is 12.5 Å². The van der Waals surface area contributed by atoms with Crippen molar-refractivity contribution < 1.29 is 9.50 Å². The number of benzene rings is 2. The summed E-state index contributed by atoms with van der Waals surface area (Å²) in [5, 5.41) is 10.3. The van der Waals surface area contributed by atoms with Crippen molar-refractivity contribution in [3.8, 4) is 0 Å². The number of halogens is 1. The van der Waals surface area contributed by atoms with Gasteiger partial charge in [-0.05, 0) is 23.6 Å². The van der Waals surface area contributed by atoms with Crippen LogP contribution in [0.25, 0.3) is 5.57 Å². The topological polar surface area (TPSA) is 20.2 Å². The van der Waals surface area contributed by atoms with Gasteiger partial charge in [-0.1, -0.05) is 54.6 Å². The zero-order chi connectivity index (χ0) is 12.8. The third-order valence-corrected chi connectivity index (χ3v) is 3.43. The molecular weight excluding hydrogens is 227 g/mol. The van der Waals surface area contributed by atoms with Crippen LogP contribution in [0.15, 0.2) is 60.4 Å². The van der Waals surface area contributed by atoms with Crippen LogP contribution in [0.1, 0.15) is 23.6 Å². The number of hydrogen-bond donors (Lipinski definition) is 1. The fourth-order valence-corrected chi connectivity index (χ4v) is 2.49. The SMILES string of the molecule is CC1(O)C(F)=C(c2ccccc2)c2ccccc21. The summed E-state index contributed by atoms with van der Waals surface area (Å²) in [4.78, 5) is 0. The first kappa shape index (κ1) is 11.2. The molecule has 0 heterocycles. The molecule has 2 heteroatoms. The van der Waals surface area contributed by atoms with E-state index >= 15 is 0 Å². The first-order valence-electron chi connectivity index (χ1n) is 5.90. The van der Waals surface area contributed by atoms with E-state index in [9.17, 15) is 9.50 Å². The molecule has 0 amide bonds. The average Bonchev–Trinajstić information content (AvgIpc) is 2.60. The smallest absolute Gasteiger partial charge is 0.144 e. The van der Waals surface area contributed by atoms with E-state index in [1.54, 1.807) is 6.07 Å².